The number of likely N-dealkylation sites (N-methyl/N-ethyl adjacent to an activating group) is 1. The Morgan fingerprint density at radius 1 is 1.38 bits per heavy atom. The van der Waals surface area contributed by atoms with Crippen LogP contribution in [-0.2, 0) is 4.79 Å². The van der Waals surface area contributed by atoms with E-state index in [0.29, 0.717) is 30.9 Å². The minimum Gasteiger partial charge on any atom is -0.400 e. The molecule has 8 nitrogen and oxygen atoms in total. The zero-order valence-corrected chi connectivity index (χ0v) is 19.5. The van der Waals surface area contributed by atoms with Crippen LogP contribution >= 0.6 is 0 Å². The van der Waals surface area contributed by atoms with E-state index in [9.17, 15) is 4.79 Å². The molecule has 2 aliphatic rings. The number of nitrogens with one attached hydrogen (secondary N) is 2. The van der Waals surface area contributed by atoms with Gasteiger partial charge >= 0.3 is 0 Å². The van der Waals surface area contributed by atoms with Crippen molar-refractivity contribution >= 4 is 23.5 Å². The van der Waals surface area contributed by atoms with Crippen molar-refractivity contribution in [2.75, 3.05) is 43.1 Å². The topological polar surface area (TPSA) is 115 Å². The molecule has 0 saturated heterocycles. The molecule has 1 saturated carbocycles. The number of amides is 1. The van der Waals surface area contributed by atoms with Gasteiger partial charge in [0.15, 0.2) is 0 Å². The minimum absolute atomic E-state index is 0.153. The van der Waals surface area contributed by atoms with Crippen molar-refractivity contribution in [3.05, 3.63) is 47.4 Å². The van der Waals surface area contributed by atoms with Gasteiger partial charge in [-0.2, -0.15) is 0 Å². The Morgan fingerprint density at radius 3 is 2.78 bits per heavy atom. The SMILES string of the molecule is CCC(C)C1=C(C=N)C(=O)N(c2cccc(N(N)/C=C(\N)CNCC3CC3)c2)CCN1C. The summed E-state index contributed by atoms with van der Waals surface area (Å²) >= 11 is 0. The van der Waals surface area contributed by atoms with Crippen LogP contribution in [-0.4, -0.2) is 50.2 Å². The van der Waals surface area contributed by atoms with E-state index in [2.05, 4.69) is 24.1 Å². The molecule has 1 amide bonds. The lowest BCUT2D eigenvalue weighted by molar-refractivity contribution is -0.114. The summed E-state index contributed by atoms with van der Waals surface area (Å²) < 4.78 is 0. The second-order valence-corrected chi connectivity index (χ2v) is 8.84. The number of benzene rings is 1. The standard InChI is InChI=1S/C24H37N7O/c1-4-17(2)23-22(13-25)24(32)30(11-10-29(23)3)20-6-5-7-21(12-20)31(27)16-19(26)15-28-14-18-8-9-18/h5-7,12-13,16-18,25,28H,4,8-11,14-15,26-27H2,1-3H3/b19-16-,25-13?. The molecule has 1 aromatic carbocycles. The second-order valence-electron chi connectivity index (χ2n) is 8.84. The molecule has 174 valence electrons. The van der Waals surface area contributed by atoms with Crippen molar-refractivity contribution in [2.45, 2.75) is 33.1 Å². The molecule has 32 heavy (non-hydrogen) atoms. The fourth-order valence-corrected chi connectivity index (χ4v) is 4.01. The van der Waals surface area contributed by atoms with Gasteiger partial charge in [-0.3, -0.25) is 9.80 Å². The smallest absolute Gasteiger partial charge is 0.261 e. The molecule has 1 aromatic rings. The van der Waals surface area contributed by atoms with Gasteiger partial charge in [-0.1, -0.05) is 19.9 Å². The highest BCUT2D eigenvalue weighted by molar-refractivity contribution is 6.19. The molecular weight excluding hydrogens is 402 g/mol. The quantitative estimate of drug-likeness (QED) is 0.253. The average Bonchev–Trinajstić information content (AvgIpc) is 3.61. The van der Waals surface area contributed by atoms with Crippen LogP contribution in [0.25, 0.3) is 0 Å². The highest BCUT2D eigenvalue weighted by Gasteiger charge is 2.29. The summed E-state index contributed by atoms with van der Waals surface area (Å²) in [7, 11) is 1.99. The summed E-state index contributed by atoms with van der Waals surface area (Å²) in [4.78, 5) is 17.2. The van der Waals surface area contributed by atoms with Crippen LogP contribution in [0.5, 0.6) is 0 Å². The second kappa shape index (κ2) is 10.7. The van der Waals surface area contributed by atoms with Crippen LogP contribution in [0.15, 0.2) is 47.4 Å². The summed E-state index contributed by atoms with van der Waals surface area (Å²) in [6.07, 6.45) is 6.40. The molecule has 0 aromatic heterocycles. The normalized spacial score (nSPS) is 18.6. The van der Waals surface area contributed by atoms with E-state index in [1.165, 1.54) is 24.1 Å². The fourth-order valence-electron chi connectivity index (χ4n) is 4.01. The van der Waals surface area contributed by atoms with E-state index in [1.54, 1.807) is 11.1 Å². The number of nitrogens with zero attached hydrogens (tertiary/aromatic N) is 3. The van der Waals surface area contributed by atoms with Crippen LogP contribution in [0.3, 0.4) is 0 Å². The molecule has 0 bridgehead atoms. The first-order valence-corrected chi connectivity index (χ1v) is 11.4. The van der Waals surface area contributed by atoms with E-state index in [-0.39, 0.29) is 11.8 Å². The fraction of sp³-hybridized carbons (Fsp3) is 0.500. The largest absolute Gasteiger partial charge is 0.400 e. The van der Waals surface area contributed by atoms with Gasteiger partial charge in [0, 0.05) is 56.2 Å². The summed E-state index contributed by atoms with van der Waals surface area (Å²) in [6.45, 7) is 7.00. The lowest BCUT2D eigenvalue weighted by Crippen LogP contribution is -2.35. The van der Waals surface area contributed by atoms with E-state index in [4.69, 9.17) is 17.0 Å². The van der Waals surface area contributed by atoms with E-state index in [1.807, 2.05) is 31.3 Å². The number of carbonyl (C=O) groups excluding carboxylic acids is 1. The summed E-state index contributed by atoms with van der Waals surface area (Å²) in [6, 6.07) is 7.55. The molecule has 1 atom stereocenters. The predicted octanol–water partition coefficient (Wildman–Crippen LogP) is 2.39. The molecule has 1 unspecified atom stereocenters. The average molecular weight is 440 g/mol. The first-order valence-electron chi connectivity index (χ1n) is 11.4. The third kappa shape index (κ3) is 5.69. The van der Waals surface area contributed by atoms with Crippen molar-refractivity contribution in [1.29, 1.82) is 5.41 Å². The highest BCUT2D eigenvalue weighted by Crippen LogP contribution is 2.29. The van der Waals surface area contributed by atoms with Crippen molar-refractivity contribution in [2.24, 2.45) is 23.4 Å². The number of hydrogen-bond donors (Lipinski definition) is 4. The molecular formula is C24H37N7O. The van der Waals surface area contributed by atoms with Gasteiger partial charge in [0.1, 0.15) is 0 Å². The molecule has 3 rings (SSSR count). The Kier molecular flexibility index (Phi) is 7.93. The zero-order chi connectivity index (χ0) is 23.3. The third-order valence-electron chi connectivity index (χ3n) is 6.25. The molecule has 1 heterocycles. The molecule has 1 fully saturated rings. The van der Waals surface area contributed by atoms with E-state index < -0.39 is 0 Å². The molecule has 0 radical (unpaired) electrons. The Bertz CT molecular complexity index is 890. The summed E-state index contributed by atoms with van der Waals surface area (Å²) in [5.74, 6) is 7.09. The number of anilines is 2. The lowest BCUT2D eigenvalue weighted by Gasteiger charge is -2.26. The van der Waals surface area contributed by atoms with Gasteiger partial charge in [-0.05, 0) is 55.8 Å². The van der Waals surface area contributed by atoms with E-state index in [0.717, 1.165) is 36.0 Å². The predicted molar refractivity (Wildman–Crippen MR) is 131 cm³/mol. The van der Waals surface area contributed by atoms with Crippen molar-refractivity contribution in [3.63, 3.8) is 0 Å². The van der Waals surface area contributed by atoms with E-state index >= 15 is 0 Å². The maximum atomic E-state index is 13.4. The van der Waals surface area contributed by atoms with Crippen LogP contribution in [0.4, 0.5) is 11.4 Å². The minimum atomic E-state index is -0.153. The number of hydrazine groups is 1. The maximum absolute atomic E-state index is 13.4. The van der Waals surface area contributed by atoms with Crippen molar-refractivity contribution < 1.29 is 4.79 Å². The summed E-state index contributed by atoms with van der Waals surface area (Å²) in [5, 5.41) is 12.8. The number of allylic oxidation sites excluding steroid dienone is 1. The number of rotatable bonds is 10. The molecule has 1 aliphatic carbocycles. The van der Waals surface area contributed by atoms with Crippen molar-refractivity contribution in [1.82, 2.24) is 10.2 Å². The van der Waals surface area contributed by atoms with Crippen LogP contribution in [0.2, 0.25) is 0 Å². The molecule has 6 N–H and O–H groups in total. The number of hydrogen-bond acceptors (Lipinski definition) is 7. The van der Waals surface area contributed by atoms with Gasteiger partial charge in [0.2, 0.25) is 0 Å². The monoisotopic (exact) mass is 439 g/mol. The Labute approximate surface area is 191 Å². The molecule has 8 heteroatoms. The van der Waals surface area contributed by atoms with Gasteiger partial charge < -0.3 is 26.3 Å². The van der Waals surface area contributed by atoms with Gasteiger partial charge in [-0.25, -0.2) is 5.84 Å². The van der Waals surface area contributed by atoms with Gasteiger partial charge in [0.25, 0.3) is 5.91 Å². The van der Waals surface area contributed by atoms with Crippen molar-refractivity contribution in [3.8, 4) is 0 Å². The third-order valence-corrected chi connectivity index (χ3v) is 6.25. The Hall–Kier alpha value is -2.84. The zero-order valence-electron chi connectivity index (χ0n) is 19.5. The number of carbonyl (C=O) groups is 1. The lowest BCUT2D eigenvalue weighted by atomic mass is 9.99. The van der Waals surface area contributed by atoms with Gasteiger partial charge in [-0.15, -0.1) is 0 Å². The van der Waals surface area contributed by atoms with Gasteiger partial charge in [0.05, 0.1) is 11.3 Å². The molecule has 0 spiro atoms. The van der Waals surface area contributed by atoms with Crippen LogP contribution in [0, 0.1) is 17.2 Å². The maximum Gasteiger partial charge on any atom is 0.261 e. The van der Waals surface area contributed by atoms with Crippen LogP contribution in [0.1, 0.15) is 33.1 Å². The highest BCUT2D eigenvalue weighted by atomic mass is 16.2. The first-order chi connectivity index (χ1) is 15.3. The Morgan fingerprint density at radius 2 is 2.12 bits per heavy atom. The Balaban J connectivity index is 1.79. The molecule has 1 aliphatic heterocycles. The number of nitrogens with two attached hydrogens (primary N) is 2. The van der Waals surface area contributed by atoms with Crippen LogP contribution < -0.4 is 26.8 Å². The first kappa shape index (κ1) is 23.8. The summed E-state index contributed by atoms with van der Waals surface area (Å²) in [5.41, 5.74) is 9.64.